The van der Waals surface area contributed by atoms with E-state index in [2.05, 4.69) is 20.6 Å². The Morgan fingerprint density at radius 3 is 2.90 bits per heavy atom. The van der Waals surface area contributed by atoms with Crippen LogP contribution in [0, 0.1) is 0 Å². The van der Waals surface area contributed by atoms with Gasteiger partial charge in [-0.15, -0.1) is 0 Å². The second kappa shape index (κ2) is 6.81. The molecule has 1 unspecified atom stereocenters. The molecule has 8 nitrogen and oxygen atoms in total. The van der Waals surface area contributed by atoms with E-state index in [4.69, 9.17) is 0 Å². The van der Waals surface area contributed by atoms with Crippen molar-refractivity contribution < 1.29 is 13.2 Å². The number of sulfonamides is 1. The van der Waals surface area contributed by atoms with E-state index >= 15 is 0 Å². The number of nitrogens with zero attached hydrogens (tertiary/aromatic N) is 3. The molecule has 0 radical (unpaired) electrons. The van der Waals surface area contributed by atoms with Crippen LogP contribution in [0.15, 0.2) is 18.6 Å². The molecule has 1 aliphatic heterocycles. The third-order valence-corrected chi connectivity index (χ3v) is 4.51. The quantitative estimate of drug-likeness (QED) is 0.682. The summed E-state index contributed by atoms with van der Waals surface area (Å²) in [7, 11) is -3.33. The van der Waals surface area contributed by atoms with Crippen LogP contribution in [-0.4, -0.2) is 60.5 Å². The Morgan fingerprint density at radius 2 is 2.24 bits per heavy atom. The molecule has 0 aliphatic carbocycles. The second-order valence-electron chi connectivity index (χ2n) is 4.84. The molecule has 9 heteroatoms. The predicted molar refractivity (Wildman–Crippen MR) is 78.1 cm³/mol. The van der Waals surface area contributed by atoms with Crippen molar-refractivity contribution in [2.75, 3.05) is 31.2 Å². The summed E-state index contributed by atoms with van der Waals surface area (Å²) in [6.07, 6.45) is 7.15. The van der Waals surface area contributed by atoms with E-state index in [9.17, 15) is 13.2 Å². The summed E-state index contributed by atoms with van der Waals surface area (Å²) in [5.41, 5.74) is 0. The van der Waals surface area contributed by atoms with Crippen LogP contribution < -0.4 is 10.6 Å². The van der Waals surface area contributed by atoms with E-state index in [-0.39, 0.29) is 5.91 Å². The summed E-state index contributed by atoms with van der Waals surface area (Å²) in [4.78, 5) is 20.0. The summed E-state index contributed by atoms with van der Waals surface area (Å²) in [5, 5.41) is 5.75. The SMILES string of the molecule is CS(=O)(=O)N1CCCC1C(=O)NCCNc1cnccn1. The van der Waals surface area contributed by atoms with Crippen LogP contribution in [0.25, 0.3) is 0 Å². The average Bonchev–Trinajstić information content (AvgIpc) is 2.94. The zero-order chi connectivity index (χ0) is 15.3. The molecule has 2 heterocycles. The van der Waals surface area contributed by atoms with E-state index in [0.29, 0.717) is 38.3 Å². The summed E-state index contributed by atoms with van der Waals surface area (Å²) >= 11 is 0. The maximum absolute atomic E-state index is 12.0. The first kappa shape index (κ1) is 15.6. The molecule has 0 saturated carbocycles. The Morgan fingerprint density at radius 1 is 1.43 bits per heavy atom. The highest BCUT2D eigenvalue weighted by Crippen LogP contribution is 2.20. The van der Waals surface area contributed by atoms with Gasteiger partial charge in [-0.2, -0.15) is 4.31 Å². The minimum absolute atomic E-state index is 0.251. The van der Waals surface area contributed by atoms with E-state index in [1.807, 2.05) is 0 Å². The van der Waals surface area contributed by atoms with Crippen molar-refractivity contribution in [1.29, 1.82) is 0 Å². The molecule has 116 valence electrons. The lowest BCUT2D eigenvalue weighted by Gasteiger charge is -2.21. The molecule has 1 saturated heterocycles. The molecule has 0 bridgehead atoms. The Labute approximate surface area is 124 Å². The number of carbonyl (C=O) groups excluding carboxylic acids is 1. The van der Waals surface area contributed by atoms with E-state index in [0.717, 1.165) is 6.26 Å². The first-order chi connectivity index (χ1) is 9.98. The third kappa shape index (κ3) is 4.36. The lowest BCUT2D eigenvalue weighted by Crippen LogP contribution is -2.46. The minimum atomic E-state index is -3.33. The predicted octanol–water partition coefficient (Wildman–Crippen LogP) is -0.571. The van der Waals surface area contributed by atoms with Crippen molar-refractivity contribution in [1.82, 2.24) is 19.6 Å². The maximum atomic E-state index is 12.0. The number of hydrogen-bond donors (Lipinski definition) is 2. The largest absolute Gasteiger partial charge is 0.367 e. The van der Waals surface area contributed by atoms with Gasteiger partial charge in [-0.25, -0.2) is 13.4 Å². The molecule has 2 rings (SSSR count). The van der Waals surface area contributed by atoms with Crippen molar-refractivity contribution in [3.05, 3.63) is 18.6 Å². The molecule has 0 spiro atoms. The lowest BCUT2D eigenvalue weighted by atomic mass is 10.2. The topological polar surface area (TPSA) is 104 Å². The maximum Gasteiger partial charge on any atom is 0.238 e. The summed E-state index contributed by atoms with van der Waals surface area (Å²) in [6.45, 7) is 1.30. The highest BCUT2D eigenvalue weighted by Gasteiger charge is 2.36. The van der Waals surface area contributed by atoms with Crippen LogP contribution in [0.4, 0.5) is 5.82 Å². The number of hydrogen-bond acceptors (Lipinski definition) is 6. The van der Waals surface area contributed by atoms with Gasteiger partial charge in [0.15, 0.2) is 0 Å². The third-order valence-electron chi connectivity index (χ3n) is 3.23. The Balaban J connectivity index is 1.77. The fraction of sp³-hybridized carbons (Fsp3) is 0.583. The van der Waals surface area contributed by atoms with Gasteiger partial charge in [-0.3, -0.25) is 9.78 Å². The number of amides is 1. The Kier molecular flexibility index (Phi) is 5.07. The molecule has 1 amide bonds. The lowest BCUT2D eigenvalue weighted by molar-refractivity contribution is -0.124. The first-order valence-corrected chi connectivity index (χ1v) is 8.58. The highest BCUT2D eigenvalue weighted by molar-refractivity contribution is 7.88. The van der Waals surface area contributed by atoms with Crippen molar-refractivity contribution in [3.63, 3.8) is 0 Å². The van der Waals surface area contributed by atoms with Crippen LogP contribution in [0.3, 0.4) is 0 Å². The fourth-order valence-corrected chi connectivity index (χ4v) is 3.41. The summed E-state index contributed by atoms with van der Waals surface area (Å²) in [5.74, 6) is 0.379. The molecule has 1 fully saturated rings. The monoisotopic (exact) mass is 313 g/mol. The molecule has 21 heavy (non-hydrogen) atoms. The van der Waals surface area contributed by atoms with Gasteiger partial charge in [0.2, 0.25) is 15.9 Å². The minimum Gasteiger partial charge on any atom is -0.367 e. The van der Waals surface area contributed by atoms with Crippen LogP contribution in [0.5, 0.6) is 0 Å². The van der Waals surface area contributed by atoms with Gasteiger partial charge in [0.1, 0.15) is 11.9 Å². The molecule has 1 atom stereocenters. The van der Waals surface area contributed by atoms with Gasteiger partial charge >= 0.3 is 0 Å². The Hall–Kier alpha value is -1.74. The van der Waals surface area contributed by atoms with Gasteiger partial charge in [0.05, 0.1) is 12.5 Å². The fourth-order valence-electron chi connectivity index (χ4n) is 2.28. The number of nitrogens with one attached hydrogen (secondary N) is 2. The van der Waals surface area contributed by atoms with Gasteiger partial charge in [-0.05, 0) is 12.8 Å². The van der Waals surface area contributed by atoms with Crippen molar-refractivity contribution in [2.45, 2.75) is 18.9 Å². The van der Waals surface area contributed by atoms with Crippen LogP contribution in [-0.2, 0) is 14.8 Å². The first-order valence-electron chi connectivity index (χ1n) is 6.73. The normalized spacial score (nSPS) is 19.4. The number of rotatable bonds is 6. The Bertz CT molecular complexity index is 578. The number of anilines is 1. The smallest absolute Gasteiger partial charge is 0.238 e. The molecule has 1 aliphatic rings. The molecule has 0 aromatic carbocycles. The molecule has 1 aromatic rings. The van der Waals surface area contributed by atoms with Crippen LogP contribution in [0.1, 0.15) is 12.8 Å². The van der Waals surface area contributed by atoms with Crippen molar-refractivity contribution in [2.24, 2.45) is 0 Å². The van der Waals surface area contributed by atoms with Gasteiger partial charge in [0, 0.05) is 32.0 Å². The number of carbonyl (C=O) groups is 1. The van der Waals surface area contributed by atoms with Gasteiger partial charge in [0.25, 0.3) is 0 Å². The van der Waals surface area contributed by atoms with E-state index in [1.165, 1.54) is 4.31 Å². The molecule has 2 N–H and O–H groups in total. The summed E-state index contributed by atoms with van der Waals surface area (Å²) < 4.78 is 24.4. The molecular formula is C12H19N5O3S. The second-order valence-corrected chi connectivity index (χ2v) is 6.78. The number of aromatic nitrogens is 2. The van der Waals surface area contributed by atoms with Gasteiger partial charge < -0.3 is 10.6 Å². The zero-order valence-electron chi connectivity index (χ0n) is 11.8. The average molecular weight is 313 g/mol. The summed E-state index contributed by atoms with van der Waals surface area (Å²) in [6, 6.07) is -0.587. The van der Waals surface area contributed by atoms with E-state index in [1.54, 1.807) is 18.6 Å². The van der Waals surface area contributed by atoms with Crippen LogP contribution >= 0.6 is 0 Å². The van der Waals surface area contributed by atoms with Crippen molar-refractivity contribution in [3.8, 4) is 0 Å². The van der Waals surface area contributed by atoms with Gasteiger partial charge in [-0.1, -0.05) is 0 Å². The van der Waals surface area contributed by atoms with Crippen molar-refractivity contribution >= 4 is 21.7 Å². The molecular weight excluding hydrogens is 294 g/mol. The van der Waals surface area contributed by atoms with Crippen LogP contribution in [0.2, 0.25) is 0 Å². The zero-order valence-corrected chi connectivity index (χ0v) is 12.6. The standard InChI is InChI=1S/C12H19N5O3S/c1-21(19,20)17-8-2-3-10(17)12(18)16-7-6-15-11-9-13-4-5-14-11/h4-5,9-10H,2-3,6-8H2,1H3,(H,14,15)(H,16,18). The molecule has 1 aromatic heterocycles. The highest BCUT2D eigenvalue weighted by atomic mass is 32.2. The van der Waals surface area contributed by atoms with E-state index < -0.39 is 16.1 Å².